The van der Waals surface area contributed by atoms with Crippen LogP contribution in [0.2, 0.25) is 0 Å². The second-order valence-corrected chi connectivity index (χ2v) is 8.26. The number of urea groups is 1. The maximum atomic E-state index is 12.1. The molecular formula is C18H20BrN3OS. The highest BCUT2D eigenvalue weighted by molar-refractivity contribution is 9.11. The molecule has 0 bridgehead atoms. The Morgan fingerprint density at radius 2 is 2.08 bits per heavy atom. The summed E-state index contributed by atoms with van der Waals surface area (Å²) in [4.78, 5) is 15.0. The summed E-state index contributed by atoms with van der Waals surface area (Å²) in [5.41, 5.74) is 1.24. The van der Waals surface area contributed by atoms with Gasteiger partial charge in [0.15, 0.2) is 0 Å². The fourth-order valence-corrected chi connectivity index (χ4v) is 4.19. The second kappa shape index (κ2) is 7.85. The van der Waals surface area contributed by atoms with Gasteiger partial charge in [-0.25, -0.2) is 4.79 Å². The molecule has 0 saturated carbocycles. The molecule has 0 saturated heterocycles. The number of carbonyl (C=O) groups is 1. The van der Waals surface area contributed by atoms with Crippen molar-refractivity contribution < 1.29 is 4.79 Å². The molecular weight excluding hydrogens is 386 g/mol. The first-order valence-electron chi connectivity index (χ1n) is 7.90. The van der Waals surface area contributed by atoms with Gasteiger partial charge in [0.05, 0.1) is 10.3 Å². The number of hydrogen-bond acceptors (Lipinski definition) is 2. The number of fused-ring (bicyclic) bond motifs is 1. The normalized spacial score (nSPS) is 10.9. The van der Waals surface area contributed by atoms with E-state index in [0.717, 1.165) is 16.8 Å². The van der Waals surface area contributed by atoms with Crippen LogP contribution in [0.25, 0.3) is 10.9 Å². The number of thiophene rings is 1. The van der Waals surface area contributed by atoms with Crippen molar-refractivity contribution in [3.05, 3.63) is 57.3 Å². The summed E-state index contributed by atoms with van der Waals surface area (Å²) in [5.74, 6) is 0. The summed E-state index contributed by atoms with van der Waals surface area (Å²) in [6.45, 7) is 2.20. The molecule has 3 aromatic rings. The fraction of sp³-hybridized carbons (Fsp3) is 0.278. The fourth-order valence-electron chi connectivity index (χ4n) is 2.66. The van der Waals surface area contributed by atoms with E-state index in [9.17, 15) is 4.79 Å². The van der Waals surface area contributed by atoms with Crippen molar-refractivity contribution in [3.8, 4) is 0 Å². The average molecular weight is 406 g/mol. The Hall–Kier alpha value is -1.79. The second-order valence-electron chi connectivity index (χ2n) is 5.72. The maximum Gasteiger partial charge on any atom is 0.317 e. The molecule has 0 fully saturated rings. The Bertz CT molecular complexity index is 826. The largest absolute Gasteiger partial charge is 0.347 e. The number of hydrogen-bond donors (Lipinski definition) is 1. The van der Waals surface area contributed by atoms with Crippen LogP contribution < -0.4 is 5.32 Å². The molecule has 0 aliphatic carbocycles. The highest BCUT2D eigenvalue weighted by Crippen LogP contribution is 2.23. The lowest BCUT2D eigenvalue weighted by atomic mass is 10.2. The lowest BCUT2D eigenvalue weighted by Gasteiger charge is -2.17. The van der Waals surface area contributed by atoms with Crippen LogP contribution in [0.3, 0.4) is 0 Å². The smallest absolute Gasteiger partial charge is 0.317 e. The number of nitrogens with one attached hydrogen (secondary N) is 1. The van der Waals surface area contributed by atoms with Gasteiger partial charge in [0.1, 0.15) is 0 Å². The highest BCUT2D eigenvalue weighted by atomic mass is 79.9. The predicted octanol–water partition coefficient (Wildman–Crippen LogP) is 4.70. The summed E-state index contributed by atoms with van der Waals surface area (Å²) >= 11 is 5.10. The van der Waals surface area contributed by atoms with Gasteiger partial charge in [0.2, 0.25) is 0 Å². The third-order valence-electron chi connectivity index (χ3n) is 3.90. The van der Waals surface area contributed by atoms with Gasteiger partial charge < -0.3 is 14.8 Å². The molecule has 0 atom stereocenters. The van der Waals surface area contributed by atoms with Crippen molar-refractivity contribution in [2.75, 3.05) is 13.6 Å². The number of para-hydroxylation sites is 1. The molecule has 0 spiro atoms. The van der Waals surface area contributed by atoms with Gasteiger partial charge in [-0.05, 0) is 52.0 Å². The SMILES string of the molecule is CN(Cc1ccc(Br)s1)C(=O)NCCCn1ccc2ccccc21. The van der Waals surface area contributed by atoms with Gasteiger partial charge in [-0.1, -0.05) is 18.2 Å². The molecule has 126 valence electrons. The van der Waals surface area contributed by atoms with E-state index in [4.69, 9.17) is 0 Å². The molecule has 4 nitrogen and oxygen atoms in total. The molecule has 1 aromatic carbocycles. The van der Waals surface area contributed by atoms with Crippen LogP contribution in [0.1, 0.15) is 11.3 Å². The predicted molar refractivity (Wildman–Crippen MR) is 103 cm³/mol. The van der Waals surface area contributed by atoms with E-state index < -0.39 is 0 Å². The maximum absolute atomic E-state index is 12.1. The Labute approximate surface area is 154 Å². The lowest BCUT2D eigenvalue weighted by molar-refractivity contribution is 0.207. The standard InChI is InChI=1S/C18H20BrN3OS/c1-21(13-15-7-8-17(19)24-15)18(23)20-10-4-11-22-12-9-14-5-2-3-6-16(14)22/h2-3,5-9,12H,4,10-11,13H2,1H3,(H,20,23). The molecule has 0 aliphatic heterocycles. The summed E-state index contributed by atoms with van der Waals surface area (Å²) < 4.78 is 3.32. The molecule has 2 aromatic heterocycles. The van der Waals surface area contributed by atoms with Crippen molar-refractivity contribution in [3.63, 3.8) is 0 Å². The third kappa shape index (κ3) is 4.19. The zero-order valence-electron chi connectivity index (χ0n) is 13.5. The number of aryl methyl sites for hydroxylation is 1. The molecule has 2 heterocycles. The Morgan fingerprint density at radius 1 is 1.25 bits per heavy atom. The van der Waals surface area contributed by atoms with Crippen LogP contribution in [0, 0.1) is 0 Å². The quantitative estimate of drug-likeness (QED) is 0.593. The summed E-state index contributed by atoms with van der Waals surface area (Å²) in [7, 11) is 1.82. The molecule has 24 heavy (non-hydrogen) atoms. The Kier molecular flexibility index (Phi) is 5.58. The van der Waals surface area contributed by atoms with Crippen LogP contribution in [0.5, 0.6) is 0 Å². The van der Waals surface area contributed by atoms with E-state index in [1.165, 1.54) is 15.8 Å². The van der Waals surface area contributed by atoms with Gasteiger partial charge in [-0.2, -0.15) is 0 Å². The topological polar surface area (TPSA) is 37.3 Å². The van der Waals surface area contributed by atoms with Crippen molar-refractivity contribution >= 4 is 44.2 Å². The van der Waals surface area contributed by atoms with E-state index in [1.807, 2.05) is 19.2 Å². The van der Waals surface area contributed by atoms with Gasteiger partial charge in [0.25, 0.3) is 0 Å². The number of aromatic nitrogens is 1. The first kappa shape index (κ1) is 17.0. The Morgan fingerprint density at radius 3 is 2.88 bits per heavy atom. The molecule has 6 heteroatoms. The van der Waals surface area contributed by atoms with E-state index in [0.29, 0.717) is 13.1 Å². The lowest BCUT2D eigenvalue weighted by Crippen LogP contribution is -2.37. The van der Waals surface area contributed by atoms with Gasteiger partial charge >= 0.3 is 6.03 Å². The number of amides is 2. The van der Waals surface area contributed by atoms with E-state index in [-0.39, 0.29) is 6.03 Å². The molecule has 3 rings (SSSR count). The molecule has 0 unspecified atom stereocenters. The summed E-state index contributed by atoms with van der Waals surface area (Å²) in [5, 5.41) is 4.24. The average Bonchev–Trinajstić information content (AvgIpc) is 3.17. The van der Waals surface area contributed by atoms with Crippen LogP contribution >= 0.6 is 27.3 Å². The first-order valence-corrected chi connectivity index (χ1v) is 9.51. The van der Waals surface area contributed by atoms with Crippen molar-refractivity contribution in [2.24, 2.45) is 0 Å². The first-order chi connectivity index (χ1) is 11.6. The number of rotatable bonds is 6. The number of nitrogens with zero attached hydrogens (tertiary/aromatic N) is 2. The highest BCUT2D eigenvalue weighted by Gasteiger charge is 2.09. The minimum atomic E-state index is -0.0307. The van der Waals surface area contributed by atoms with Crippen molar-refractivity contribution in [1.29, 1.82) is 0 Å². The van der Waals surface area contributed by atoms with Crippen molar-refractivity contribution in [2.45, 2.75) is 19.5 Å². The number of carbonyl (C=O) groups excluding carboxylic acids is 1. The monoisotopic (exact) mass is 405 g/mol. The van der Waals surface area contributed by atoms with Gasteiger partial charge in [-0.15, -0.1) is 11.3 Å². The van der Waals surface area contributed by atoms with E-state index >= 15 is 0 Å². The van der Waals surface area contributed by atoms with E-state index in [2.05, 4.69) is 62.3 Å². The van der Waals surface area contributed by atoms with Crippen LogP contribution in [0.4, 0.5) is 4.79 Å². The van der Waals surface area contributed by atoms with Gasteiger partial charge in [0, 0.05) is 36.7 Å². The minimum Gasteiger partial charge on any atom is -0.347 e. The summed E-state index contributed by atoms with van der Waals surface area (Å²) in [6, 6.07) is 14.5. The van der Waals surface area contributed by atoms with Crippen molar-refractivity contribution in [1.82, 2.24) is 14.8 Å². The minimum absolute atomic E-state index is 0.0307. The third-order valence-corrected chi connectivity index (χ3v) is 5.51. The van der Waals surface area contributed by atoms with E-state index in [1.54, 1.807) is 16.2 Å². The van der Waals surface area contributed by atoms with Crippen LogP contribution in [-0.4, -0.2) is 29.1 Å². The summed E-state index contributed by atoms with van der Waals surface area (Å²) in [6.07, 6.45) is 3.01. The Balaban J connectivity index is 1.43. The molecule has 0 aliphatic rings. The van der Waals surface area contributed by atoms with Gasteiger partial charge in [-0.3, -0.25) is 0 Å². The number of benzene rings is 1. The molecule has 0 radical (unpaired) electrons. The molecule has 2 amide bonds. The molecule has 1 N–H and O–H groups in total. The van der Waals surface area contributed by atoms with Crippen LogP contribution in [-0.2, 0) is 13.1 Å². The number of halogens is 1. The zero-order chi connectivity index (χ0) is 16.9. The van der Waals surface area contributed by atoms with Crippen LogP contribution in [0.15, 0.2) is 52.4 Å². The zero-order valence-corrected chi connectivity index (χ0v) is 15.9.